The minimum Gasteiger partial charge on any atom is -0.295 e. The van der Waals surface area contributed by atoms with E-state index in [-0.39, 0.29) is 5.56 Å². The molecule has 1 aliphatic carbocycles. The number of hydrogen-bond donors (Lipinski definition) is 1. The zero-order valence-electron chi connectivity index (χ0n) is 9.99. The summed E-state index contributed by atoms with van der Waals surface area (Å²) in [6, 6.07) is 7.96. The number of H-pyrrole nitrogens is 1. The molecular formula is C14H16N2O. The number of hydrogen-bond acceptors (Lipinski definition) is 1. The number of benzene rings is 1. The molecule has 0 spiro atoms. The molecule has 2 aromatic rings. The molecule has 0 saturated carbocycles. The third-order valence-corrected chi connectivity index (χ3v) is 3.44. The molecule has 1 aliphatic rings. The lowest BCUT2D eigenvalue weighted by molar-refractivity contribution is 0.683. The molecule has 0 atom stereocenters. The van der Waals surface area contributed by atoms with Crippen molar-refractivity contribution in [1.82, 2.24) is 9.78 Å². The van der Waals surface area contributed by atoms with E-state index in [0.717, 1.165) is 17.8 Å². The minimum atomic E-state index is 0.0123. The van der Waals surface area contributed by atoms with Crippen molar-refractivity contribution in [3.05, 3.63) is 51.4 Å². The third kappa shape index (κ3) is 1.82. The zero-order valence-corrected chi connectivity index (χ0v) is 9.99. The van der Waals surface area contributed by atoms with Crippen LogP contribution in [0.4, 0.5) is 0 Å². The van der Waals surface area contributed by atoms with Crippen molar-refractivity contribution in [3.63, 3.8) is 0 Å². The Balaban J connectivity index is 2.10. The number of fused-ring (bicyclic) bond motifs is 1. The van der Waals surface area contributed by atoms with Gasteiger partial charge in [-0.3, -0.25) is 9.89 Å². The lowest BCUT2D eigenvalue weighted by Gasteiger charge is -2.16. The van der Waals surface area contributed by atoms with Crippen molar-refractivity contribution in [2.45, 2.75) is 32.6 Å². The summed E-state index contributed by atoms with van der Waals surface area (Å²) in [6.07, 6.45) is 4.86. The lowest BCUT2D eigenvalue weighted by atomic mass is 9.91. The van der Waals surface area contributed by atoms with E-state index in [9.17, 15) is 4.79 Å². The van der Waals surface area contributed by atoms with Crippen LogP contribution in [-0.4, -0.2) is 9.78 Å². The second kappa shape index (κ2) is 3.91. The van der Waals surface area contributed by atoms with E-state index in [1.54, 1.807) is 10.7 Å². The van der Waals surface area contributed by atoms with Crippen LogP contribution in [0.25, 0.3) is 5.69 Å². The molecule has 3 rings (SSSR count). The summed E-state index contributed by atoms with van der Waals surface area (Å²) in [7, 11) is 0. The quantitative estimate of drug-likeness (QED) is 0.799. The smallest absolute Gasteiger partial charge is 0.271 e. The van der Waals surface area contributed by atoms with E-state index in [1.165, 1.54) is 30.4 Å². The average Bonchev–Trinajstić information content (AvgIpc) is 2.68. The van der Waals surface area contributed by atoms with Crippen molar-refractivity contribution in [1.29, 1.82) is 0 Å². The first-order chi connectivity index (χ1) is 8.24. The van der Waals surface area contributed by atoms with E-state index in [4.69, 9.17) is 0 Å². The van der Waals surface area contributed by atoms with Crippen molar-refractivity contribution < 1.29 is 0 Å². The highest BCUT2D eigenvalue weighted by Gasteiger charge is 2.11. The predicted molar refractivity (Wildman–Crippen MR) is 67.8 cm³/mol. The maximum Gasteiger partial charge on any atom is 0.271 e. The van der Waals surface area contributed by atoms with Gasteiger partial charge in [0, 0.05) is 11.8 Å². The summed E-state index contributed by atoms with van der Waals surface area (Å²) in [5.41, 5.74) is 4.69. The van der Waals surface area contributed by atoms with E-state index in [1.807, 2.05) is 13.0 Å². The van der Waals surface area contributed by atoms with Crippen LogP contribution in [0.15, 0.2) is 29.1 Å². The molecule has 1 aromatic carbocycles. The summed E-state index contributed by atoms with van der Waals surface area (Å²) < 4.78 is 1.62. The van der Waals surface area contributed by atoms with Crippen LogP contribution >= 0.6 is 0 Å². The molecule has 0 radical (unpaired) electrons. The first kappa shape index (κ1) is 10.4. The summed E-state index contributed by atoms with van der Waals surface area (Å²) in [5.74, 6) is 0. The van der Waals surface area contributed by atoms with E-state index < -0.39 is 0 Å². The molecule has 1 heterocycles. The van der Waals surface area contributed by atoms with Crippen LogP contribution in [-0.2, 0) is 12.8 Å². The highest BCUT2D eigenvalue weighted by molar-refractivity contribution is 5.41. The standard InChI is InChI=1S/C14H16N2O/c1-10-8-14(17)16(15-10)13-7-6-11-4-2-3-5-12(11)9-13/h6-9,15H,2-5H2,1H3. The molecule has 0 bridgehead atoms. The number of aryl methyl sites for hydroxylation is 3. The van der Waals surface area contributed by atoms with Gasteiger partial charge in [0.15, 0.2) is 0 Å². The number of nitrogens with zero attached hydrogens (tertiary/aromatic N) is 1. The fourth-order valence-electron chi connectivity index (χ4n) is 2.56. The van der Waals surface area contributed by atoms with Gasteiger partial charge in [-0.15, -0.1) is 0 Å². The van der Waals surface area contributed by atoms with Gasteiger partial charge in [0.25, 0.3) is 5.56 Å². The molecule has 3 nitrogen and oxygen atoms in total. The fraction of sp³-hybridized carbons (Fsp3) is 0.357. The van der Waals surface area contributed by atoms with E-state index in [2.05, 4.69) is 17.2 Å². The Kier molecular flexibility index (Phi) is 2.39. The largest absolute Gasteiger partial charge is 0.295 e. The van der Waals surface area contributed by atoms with Crippen molar-refractivity contribution in [3.8, 4) is 5.69 Å². The topological polar surface area (TPSA) is 37.8 Å². The van der Waals surface area contributed by atoms with E-state index in [0.29, 0.717) is 0 Å². The first-order valence-electron chi connectivity index (χ1n) is 6.15. The van der Waals surface area contributed by atoms with Crippen LogP contribution in [0.3, 0.4) is 0 Å². The van der Waals surface area contributed by atoms with Gasteiger partial charge < -0.3 is 0 Å². The molecule has 0 saturated heterocycles. The van der Waals surface area contributed by atoms with Gasteiger partial charge in [-0.2, -0.15) is 0 Å². The highest BCUT2D eigenvalue weighted by Crippen LogP contribution is 2.23. The van der Waals surface area contributed by atoms with Gasteiger partial charge in [-0.05, 0) is 55.9 Å². The molecule has 0 fully saturated rings. The number of aromatic nitrogens is 2. The first-order valence-corrected chi connectivity index (χ1v) is 6.15. The van der Waals surface area contributed by atoms with Gasteiger partial charge in [-0.25, -0.2) is 4.68 Å². The summed E-state index contributed by atoms with van der Waals surface area (Å²) in [6.45, 7) is 1.90. The highest BCUT2D eigenvalue weighted by atomic mass is 16.1. The van der Waals surface area contributed by atoms with Gasteiger partial charge in [0.2, 0.25) is 0 Å². The fourth-order valence-corrected chi connectivity index (χ4v) is 2.56. The SMILES string of the molecule is Cc1cc(=O)n(-c2ccc3c(c2)CCCC3)[nH]1. The predicted octanol–water partition coefficient (Wildman–Crippen LogP) is 2.35. The third-order valence-electron chi connectivity index (χ3n) is 3.44. The average molecular weight is 228 g/mol. The zero-order chi connectivity index (χ0) is 11.8. The molecule has 0 unspecified atom stereocenters. The summed E-state index contributed by atoms with van der Waals surface area (Å²) in [4.78, 5) is 11.7. The van der Waals surface area contributed by atoms with Gasteiger partial charge >= 0.3 is 0 Å². The van der Waals surface area contributed by atoms with Crippen molar-refractivity contribution in [2.24, 2.45) is 0 Å². The van der Waals surface area contributed by atoms with Crippen LogP contribution in [0.1, 0.15) is 29.7 Å². The Hall–Kier alpha value is -1.77. The van der Waals surface area contributed by atoms with Crippen LogP contribution < -0.4 is 5.56 Å². The lowest BCUT2D eigenvalue weighted by Crippen LogP contribution is -2.14. The Morgan fingerprint density at radius 3 is 2.59 bits per heavy atom. The van der Waals surface area contributed by atoms with E-state index >= 15 is 0 Å². The second-order valence-corrected chi connectivity index (χ2v) is 4.77. The maximum absolute atomic E-state index is 11.7. The number of nitrogens with one attached hydrogen (secondary N) is 1. The van der Waals surface area contributed by atoms with Gasteiger partial charge in [0.1, 0.15) is 0 Å². The molecule has 88 valence electrons. The Morgan fingerprint density at radius 2 is 1.88 bits per heavy atom. The monoisotopic (exact) mass is 228 g/mol. The van der Waals surface area contributed by atoms with Crippen LogP contribution in [0.2, 0.25) is 0 Å². The molecule has 17 heavy (non-hydrogen) atoms. The molecule has 1 aromatic heterocycles. The molecular weight excluding hydrogens is 212 g/mol. The van der Waals surface area contributed by atoms with Gasteiger partial charge in [-0.1, -0.05) is 6.07 Å². The molecule has 3 heteroatoms. The van der Waals surface area contributed by atoms with Gasteiger partial charge in [0.05, 0.1) is 5.69 Å². The number of aromatic amines is 1. The van der Waals surface area contributed by atoms with Crippen LogP contribution in [0, 0.1) is 6.92 Å². The van der Waals surface area contributed by atoms with Crippen molar-refractivity contribution in [2.75, 3.05) is 0 Å². The molecule has 1 N–H and O–H groups in total. The summed E-state index contributed by atoms with van der Waals surface area (Å²) >= 11 is 0. The summed E-state index contributed by atoms with van der Waals surface area (Å²) in [5, 5.41) is 3.07. The number of rotatable bonds is 1. The Labute approximate surface area is 100 Å². The normalized spacial score (nSPS) is 14.6. The maximum atomic E-state index is 11.7. The molecule has 0 amide bonds. The molecule has 0 aliphatic heterocycles. The Bertz CT molecular complexity index is 607. The minimum absolute atomic E-state index is 0.0123. The Morgan fingerprint density at radius 1 is 1.12 bits per heavy atom. The van der Waals surface area contributed by atoms with Crippen LogP contribution in [0.5, 0.6) is 0 Å². The van der Waals surface area contributed by atoms with Crippen molar-refractivity contribution >= 4 is 0 Å². The second-order valence-electron chi connectivity index (χ2n) is 4.77.